The molecule has 0 spiro atoms. The lowest BCUT2D eigenvalue weighted by Crippen LogP contribution is -2.21. The molecule has 1 aromatic heterocycles. The highest BCUT2D eigenvalue weighted by Gasteiger charge is 2.22. The number of carbonyl (C=O) groups excluding carboxylic acids is 2. The predicted molar refractivity (Wildman–Crippen MR) is 117 cm³/mol. The van der Waals surface area contributed by atoms with Crippen molar-refractivity contribution in [3.8, 4) is 6.07 Å². The molecular weight excluding hydrogens is 386 g/mol. The number of carbonyl (C=O) groups is 2. The van der Waals surface area contributed by atoms with Gasteiger partial charge in [-0.05, 0) is 57.0 Å². The molecule has 0 bridgehead atoms. The largest absolute Gasteiger partial charge is 0.465 e. The minimum Gasteiger partial charge on any atom is -0.465 e. The van der Waals surface area contributed by atoms with E-state index in [4.69, 9.17) is 4.74 Å². The maximum absolute atomic E-state index is 12.6. The summed E-state index contributed by atoms with van der Waals surface area (Å²) in [6.45, 7) is 9.64. The van der Waals surface area contributed by atoms with Gasteiger partial charge in [0.05, 0.1) is 12.7 Å². The van der Waals surface area contributed by atoms with E-state index in [1.54, 1.807) is 6.92 Å². The number of hydrogen-bond donors (Lipinski definition) is 1. The van der Waals surface area contributed by atoms with Gasteiger partial charge in [-0.25, -0.2) is 4.79 Å². The van der Waals surface area contributed by atoms with Crippen LogP contribution in [0.2, 0.25) is 0 Å². The van der Waals surface area contributed by atoms with Gasteiger partial charge in [0, 0.05) is 23.7 Å². The fourth-order valence-corrected chi connectivity index (χ4v) is 3.96. The van der Waals surface area contributed by atoms with Crippen molar-refractivity contribution in [2.24, 2.45) is 0 Å². The van der Waals surface area contributed by atoms with Gasteiger partial charge in [-0.1, -0.05) is 12.1 Å². The van der Waals surface area contributed by atoms with Gasteiger partial charge in [-0.15, -0.1) is 11.3 Å². The monoisotopic (exact) mass is 411 g/mol. The summed E-state index contributed by atoms with van der Waals surface area (Å²) in [5.74, 6) is -1.08. The van der Waals surface area contributed by atoms with Gasteiger partial charge in [-0.3, -0.25) is 4.79 Å². The average molecular weight is 412 g/mol. The van der Waals surface area contributed by atoms with E-state index in [9.17, 15) is 14.9 Å². The smallest absolute Gasteiger partial charge is 0.341 e. The van der Waals surface area contributed by atoms with Crippen LogP contribution in [0.3, 0.4) is 0 Å². The lowest BCUT2D eigenvalue weighted by Gasteiger charge is -2.20. The zero-order chi connectivity index (χ0) is 21.6. The van der Waals surface area contributed by atoms with Gasteiger partial charge in [-0.2, -0.15) is 5.26 Å². The molecule has 1 N–H and O–H groups in total. The third kappa shape index (κ3) is 5.04. The molecule has 0 aliphatic rings. The van der Waals surface area contributed by atoms with Crippen LogP contribution in [0.4, 0.5) is 10.7 Å². The molecule has 7 heteroatoms. The van der Waals surface area contributed by atoms with Gasteiger partial charge in [0.2, 0.25) is 0 Å². The summed E-state index contributed by atoms with van der Waals surface area (Å²) in [6, 6.07) is 9.62. The maximum Gasteiger partial charge on any atom is 0.341 e. The van der Waals surface area contributed by atoms with Crippen LogP contribution in [0.25, 0.3) is 6.08 Å². The summed E-state index contributed by atoms with van der Waals surface area (Å²) in [5, 5.41) is 12.5. The predicted octanol–water partition coefficient (Wildman–Crippen LogP) is 4.54. The molecule has 0 saturated heterocycles. The van der Waals surface area contributed by atoms with E-state index >= 15 is 0 Å². The fourth-order valence-electron chi connectivity index (χ4n) is 2.92. The van der Waals surface area contributed by atoms with Crippen LogP contribution in [0.15, 0.2) is 29.8 Å². The Morgan fingerprint density at radius 2 is 1.83 bits per heavy atom. The first kappa shape index (κ1) is 22.2. The van der Waals surface area contributed by atoms with Crippen molar-refractivity contribution >= 4 is 40.0 Å². The number of nitriles is 1. The van der Waals surface area contributed by atoms with Crippen molar-refractivity contribution in [1.29, 1.82) is 5.26 Å². The van der Waals surface area contributed by atoms with Crippen LogP contribution in [0.5, 0.6) is 0 Å². The van der Waals surface area contributed by atoms with Crippen LogP contribution in [-0.4, -0.2) is 32.1 Å². The Bertz CT molecular complexity index is 964. The second kappa shape index (κ2) is 9.89. The highest BCUT2D eigenvalue weighted by atomic mass is 32.1. The lowest BCUT2D eigenvalue weighted by molar-refractivity contribution is -0.112. The van der Waals surface area contributed by atoms with E-state index in [-0.39, 0.29) is 5.57 Å². The van der Waals surface area contributed by atoms with Crippen molar-refractivity contribution < 1.29 is 14.3 Å². The Labute approximate surface area is 175 Å². The number of thiophene rings is 1. The molecule has 2 aromatic rings. The van der Waals surface area contributed by atoms with Crippen molar-refractivity contribution in [2.45, 2.75) is 27.7 Å². The van der Waals surface area contributed by atoms with Gasteiger partial charge < -0.3 is 15.0 Å². The Balaban J connectivity index is 2.27. The fraction of sp³-hybridized carbons (Fsp3) is 0.318. The summed E-state index contributed by atoms with van der Waals surface area (Å²) < 4.78 is 4.82. The van der Waals surface area contributed by atoms with E-state index in [1.807, 2.05) is 37.3 Å². The molecule has 152 valence electrons. The molecule has 6 nitrogen and oxygen atoms in total. The van der Waals surface area contributed by atoms with Crippen molar-refractivity contribution in [1.82, 2.24) is 0 Å². The van der Waals surface area contributed by atoms with Gasteiger partial charge in [0.1, 0.15) is 16.6 Å². The van der Waals surface area contributed by atoms with Gasteiger partial charge in [0.25, 0.3) is 5.91 Å². The van der Waals surface area contributed by atoms with Gasteiger partial charge >= 0.3 is 5.97 Å². The molecule has 0 radical (unpaired) electrons. The Morgan fingerprint density at radius 3 is 2.34 bits per heavy atom. The molecular formula is C22H25N3O3S. The summed E-state index contributed by atoms with van der Waals surface area (Å²) in [6.07, 6.45) is 1.53. The number of esters is 1. The number of anilines is 2. The summed E-state index contributed by atoms with van der Waals surface area (Å²) >= 11 is 1.28. The van der Waals surface area contributed by atoms with Crippen molar-refractivity contribution in [3.63, 3.8) is 0 Å². The lowest BCUT2D eigenvalue weighted by atomic mass is 10.1. The highest BCUT2D eigenvalue weighted by Crippen LogP contribution is 2.33. The SMILES string of the molecule is CCN(CC)c1ccc(/C=C(/C#N)C(=O)Nc2sc(C)c(C)c2C(=O)OC)cc1. The number of amides is 1. The second-order valence-electron chi connectivity index (χ2n) is 6.37. The number of methoxy groups -OCH3 is 1. The maximum atomic E-state index is 12.6. The zero-order valence-corrected chi connectivity index (χ0v) is 18.1. The van der Waals surface area contributed by atoms with Gasteiger partial charge in [0.15, 0.2) is 0 Å². The highest BCUT2D eigenvalue weighted by molar-refractivity contribution is 7.16. The Morgan fingerprint density at radius 1 is 1.21 bits per heavy atom. The van der Waals surface area contributed by atoms with Crippen molar-refractivity contribution in [2.75, 3.05) is 30.4 Å². The second-order valence-corrected chi connectivity index (χ2v) is 7.59. The van der Waals surface area contributed by atoms with E-state index in [0.717, 1.165) is 34.8 Å². The number of ether oxygens (including phenoxy) is 1. The number of nitrogens with zero attached hydrogens (tertiary/aromatic N) is 2. The number of hydrogen-bond acceptors (Lipinski definition) is 6. The topological polar surface area (TPSA) is 82.4 Å². The quantitative estimate of drug-likeness (QED) is 0.411. The first-order valence-corrected chi connectivity index (χ1v) is 10.1. The molecule has 0 saturated carbocycles. The van der Waals surface area contributed by atoms with E-state index < -0.39 is 11.9 Å². The number of nitrogens with one attached hydrogen (secondary N) is 1. The van der Waals surface area contributed by atoms with E-state index in [2.05, 4.69) is 24.1 Å². The summed E-state index contributed by atoms with van der Waals surface area (Å²) in [7, 11) is 1.29. The summed E-state index contributed by atoms with van der Waals surface area (Å²) in [4.78, 5) is 27.8. The minimum atomic E-state index is -0.563. The molecule has 29 heavy (non-hydrogen) atoms. The molecule has 0 aliphatic carbocycles. The summed E-state index contributed by atoms with van der Waals surface area (Å²) in [5.41, 5.74) is 2.87. The third-order valence-electron chi connectivity index (χ3n) is 4.70. The van der Waals surface area contributed by atoms with E-state index in [1.165, 1.54) is 24.5 Å². The normalized spacial score (nSPS) is 11.0. The van der Waals surface area contributed by atoms with Crippen LogP contribution in [0.1, 0.15) is 40.2 Å². The third-order valence-corrected chi connectivity index (χ3v) is 5.82. The minimum absolute atomic E-state index is 0.0416. The number of rotatable bonds is 7. The molecule has 0 aliphatic heterocycles. The Kier molecular flexibility index (Phi) is 7.57. The van der Waals surface area contributed by atoms with Crippen LogP contribution in [0, 0.1) is 25.2 Å². The Hall–Kier alpha value is -3.11. The number of benzene rings is 1. The first-order chi connectivity index (χ1) is 13.9. The molecule has 1 amide bonds. The average Bonchev–Trinajstić information content (AvgIpc) is 3.00. The first-order valence-electron chi connectivity index (χ1n) is 9.32. The van der Waals surface area contributed by atoms with Crippen LogP contribution < -0.4 is 10.2 Å². The molecule has 0 atom stereocenters. The molecule has 0 fully saturated rings. The number of aryl methyl sites for hydroxylation is 1. The zero-order valence-electron chi connectivity index (χ0n) is 17.3. The standard InChI is InChI=1S/C22H25N3O3S/c1-6-25(7-2)18-10-8-16(9-11-18)12-17(13-23)20(26)24-21-19(22(27)28-5)14(3)15(4)29-21/h8-12H,6-7H2,1-5H3,(H,24,26)/b17-12-. The molecule has 2 rings (SSSR count). The van der Waals surface area contributed by atoms with Crippen molar-refractivity contribution in [3.05, 3.63) is 51.4 Å². The van der Waals surface area contributed by atoms with Crippen LogP contribution >= 0.6 is 11.3 Å². The molecule has 1 aromatic carbocycles. The van der Waals surface area contributed by atoms with Crippen LogP contribution in [-0.2, 0) is 9.53 Å². The molecule has 1 heterocycles. The molecule has 0 unspecified atom stereocenters. The van der Waals surface area contributed by atoms with E-state index in [0.29, 0.717) is 10.6 Å².